The quantitative estimate of drug-likeness (QED) is 0.861. The van der Waals surface area contributed by atoms with Crippen LogP contribution in [0.15, 0.2) is 36.7 Å². The van der Waals surface area contributed by atoms with Gasteiger partial charge in [0.1, 0.15) is 5.60 Å². The minimum atomic E-state index is -0.460. The number of benzene rings is 1. The van der Waals surface area contributed by atoms with Crippen molar-refractivity contribution in [3.05, 3.63) is 42.2 Å². The normalized spacial score (nSPS) is 11.5. The fraction of sp³-hybridized carbons (Fsp3) is 0.444. The molecule has 0 saturated carbocycles. The molecule has 2 aromatic rings. The monoisotopic (exact) mass is 315 g/mol. The van der Waals surface area contributed by atoms with Gasteiger partial charge in [0, 0.05) is 44.5 Å². The van der Waals surface area contributed by atoms with Crippen molar-refractivity contribution in [2.45, 2.75) is 32.9 Å². The van der Waals surface area contributed by atoms with Crippen LogP contribution in [0, 0.1) is 0 Å². The van der Waals surface area contributed by atoms with E-state index in [4.69, 9.17) is 4.74 Å². The highest BCUT2D eigenvalue weighted by Gasteiger charge is 2.18. The summed E-state index contributed by atoms with van der Waals surface area (Å²) in [6, 6.07) is 8.33. The lowest BCUT2D eigenvalue weighted by Crippen LogP contribution is -2.37. The van der Waals surface area contributed by atoms with Crippen LogP contribution >= 0.6 is 0 Å². The number of likely N-dealkylation sites (N-methyl/N-ethyl adjacent to an activating group) is 1. The topological polar surface area (TPSA) is 54.5 Å². The molecular weight excluding hydrogens is 290 g/mol. The van der Waals surface area contributed by atoms with E-state index in [0.717, 1.165) is 11.9 Å². The largest absolute Gasteiger partial charge is 0.444 e. The molecule has 0 bridgehead atoms. The maximum absolute atomic E-state index is 11.8. The highest BCUT2D eigenvalue weighted by molar-refractivity contribution is 5.81. The van der Waals surface area contributed by atoms with Crippen molar-refractivity contribution in [3.8, 4) is 0 Å². The van der Waals surface area contributed by atoms with Crippen molar-refractivity contribution < 1.29 is 9.53 Å². The predicted molar refractivity (Wildman–Crippen MR) is 92.3 cm³/mol. The molecule has 0 aliphatic rings. The zero-order valence-corrected chi connectivity index (χ0v) is 14.3. The van der Waals surface area contributed by atoms with Crippen LogP contribution in [0.5, 0.6) is 0 Å². The Bertz CT molecular complexity index is 665. The first-order valence-electron chi connectivity index (χ1n) is 7.83. The van der Waals surface area contributed by atoms with Gasteiger partial charge in [-0.05, 0) is 43.9 Å². The number of hydrogen-bond acceptors (Lipinski definition) is 4. The summed E-state index contributed by atoms with van der Waals surface area (Å²) in [6.45, 7) is 7.68. The van der Waals surface area contributed by atoms with E-state index < -0.39 is 5.60 Å². The number of carbonyl (C=O) groups is 1. The van der Waals surface area contributed by atoms with Crippen molar-refractivity contribution in [1.29, 1.82) is 0 Å². The Morgan fingerprint density at radius 3 is 2.78 bits per heavy atom. The molecule has 1 aromatic carbocycles. The van der Waals surface area contributed by atoms with Gasteiger partial charge in [0.15, 0.2) is 0 Å². The van der Waals surface area contributed by atoms with Crippen LogP contribution in [-0.4, -0.2) is 41.7 Å². The molecule has 5 nitrogen and oxygen atoms in total. The molecule has 0 radical (unpaired) electrons. The maximum atomic E-state index is 11.8. The van der Waals surface area contributed by atoms with Gasteiger partial charge in [0.25, 0.3) is 0 Å². The highest BCUT2D eigenvalue weighted by atomic mass is 16.6. The Balaban J connectivity index is 1.77. The van der Waals surface area contributed by atoms with Crippen LogP contribution in [0.3, 0.4) is 0 Å². The summed E-state index contributed by atoms with van der Waals surface area (Å²) in [6.07, 6.45) is 3.37. The van der Waals surface area contributed by atoms with Crippen molar-refractivity contribution >= 4 is 16.9 Å². The van der Waals surface area contributed by atoms with Gasteiger partial charge in [-0.15, -0.1) is 0 Å². The lowest BCUT2D eigenvalue weighted by molar-refractivity contribution is 0.0300. The number of ether oxygens (including phenoxy) is 1. The third kappa shape index (κ3) is 5.53. The van der Waals surface area contributed by atoms with Crippen molar-refractivity contribution in [2.24, 2.45) is 0 Å². The number of carbonyl (C=O) groups excluding carboxylic acids is 1. The van der Waals surface area contributed by atoms with Crippen LogP contribution in [-0.2, 0) is 11.3 Å². The van der Waals surface area contributed by atoms with Crippen LogP contribution in [0.4, 0.5) is 4.79 Å². The average molecular weight is 315 g/mol. The first-order chi connectivity index (χ1) is 10.8. The number of nitrogens with one attached hydrogen (secondary N) is 1. The Labute approximate surface area is 137 Å². The van der Waals surface area contributed by atoms with Gasteiger partial charge in [0.05, 0.1) is 0 Å². The Hall–Kier alpha value is -2.14. The standard InChI is InChI=1S/C18H25N3O2/c1-18(2,3)23-17(22)21(4)10-9-20-12-14-5-6-16-13-19-8-7-15(16)11-14/h5-8,11,13,20H,9-10,12H2,1-4H3. The molecule has 1 aromatic heterocycles. The van der Waals surface area contributed by atoms with Crippen LogP contribution in [0.1, 0.15) is 26.3 Å². The fourth-order valence-electron chi connectivity index (χ4n) is 2.15. The molecule has 2 rings (SSSR count). The molecule has 23 heavy (non-hydrogen) atoms. The smallest absolute Gasteiger partial charge is 0.410 e. The molecular formula is C18H25N3O2. The zero-order valence-electron chi connectivity index (χ0n) is 14.3. The predicted octanol–water partition coefficient (Wildman–Crippen LogP) is 3.19. The van der Waals surface area contributed by atoms with Crippen LogP contribution in [0.25, 0.3) is 10.8 Å². The summed E-state index contributed by atoms with van der Waals surface area (Å²) in [5.74, 6) is 0. The highest BCUT2D eigenvalue weighted by Crippen LogP contribution is 2.14. The summed E-state index contributed by atoms with van der Waals surface area (Å²) < 4.78 is 5.32. The van der Waals surface area contributed by atoms with Crippen LogP contribution in [0.2, 0.25) is 0 Å². The second-order valence-corrected chi connectivity index (χ2v) is 6.64. The Morgan fingerprint density at radius 1 is 1.26 bits per heavy atom. The summed E-state index contributed by atoms with van der Waals surface area (Å²) in [5, 5.41) is 5.67. The number of nitrogens with zero attached hydrogens (tertiary/aromatic N) is 2. The number of rotatable bonds is 5. The first-order valence-corrected chi connectivity index (χ1v) is 7.83. The fourth-order valence-corrected chi connectivity index (χ4v) is 2.15. The van der Waals surface area contributed by atoms with Crippen molar-refractivity contribution in [3.63, 3.8) is 0 Å². The van der Waals surface area contributed by atoms with Gasteiger partial charge in [-0.1, -0.05) is 12.1 Å². The molecule has 1 amide bonds. The molecule has 1 N–H and O–H groups in total. The molecule has 0 fully saturated rings. The Kier molecular flexibility index (Phi) is 5.55. The SMILES string of the molecule is CN(CCNCc1ccc2cnccc2c1)C(=O)OC(C)(C)C. The van der Waals surface area contributed by atoms with E-state index in [1.807, 2.05) is 33.0 Å². The van der Waals surface area contributed by atoms with E-state index in [1.165, 1.54) is 10.9 Å². The number of aromatic nitrogens is 1. The van der Waals surface area contributed by atoms with Gasteiger partial charge in [-0.25, -0.2) is 4.79 Å². The number of amides is 1. The molecule has 1 heterocycles. The minimum absolute atomic E-state index is 0.294. The van der Waals surface area contributed by atoms with E-state index in [2.05, 4.69) is 28.5 Å². The van der Waals surface area contributed by atoms with E-state index in [1.54, 1.807) is 18.1 Å². The second kappa shape index (κ2) is 7.42. The molecule has 5 heteroatoms. The van der Waals surface area contributed by atoms with E-state index in [9.17, 15) is 4.79 Å². The van der Waals surface area contributed by atoms with Gasteiger partial charge >= 0.3 is 6.09 Å². The van der Waals surface area contributed by atoms with Crippen LogP contribution < -0.4 is 5.32 Å². The average Bonchev–Trinajstić information content (AvgIpc) is 2.49. The number of fused-ring (bicyclic) bond motifs is 1. The summed E-state index contributed by atoms with van der Waals surface area (Å²) >= 11 is 0. The molecule has 0 unspecified atom stereocenters. The lowest BCUT2D eigenvalue weighted by atomic mass is 10.1. The van der Waals surface area contributed by atoms with E-state index in [0.29, 0.717) is 13.1 Å². The van der Waals surface area contributed by atoms with Gasteiger partial charge < -0.3 is 15.0 Å². The van der Waals surface area contributed by atoms with Gasteiger partial charge in [-0.3, -0.25) is 4.98 Å². The zero-order chi connectivity index (χ0) is 16.9. The summed E-state index contributed by atoms with van der Waals surface area (Å²) in [7, 11) is 1.75. The third-order valence-corrected chi connectivity index (χ3v) is 3.36. The Morgan fingerprint density at radius 2 is 2.04 bits per heavy atom. The van der Waals surface area contributed by atoms with Gasteiger partial charge in [-0.2, -0.15) is 0 Å². The molecule has 124 valence electrons. The van der Waals surface area contributed by atoms with Gasteiger partial charge in [0.2, 0.25) is 0 Å². The summed E-state index contributed by atoms with van der Waals surface area (Å²) in [5.41, 5.74) is 0.752. The molecule has 0 saturated heterocycles. The maximum Gasteiger partial charge on any atom is 0.410 e. The molecule has 0 aliphatic carbocycles. The minimum Gasteiger partial charge on any atom is -0.444 e. The second-order valence-electron chi connectivity index (χ2n) is 6.64. The molecule has 0 spiro atoms. The van der Waals surface area contributed by atoms with Crippen molar-refractivity contribution in [2.75, 3.05) is 20.1 Å². The van der Waals surface area contributed by atoms with Crippen molar-refractivity contribution in [1.82, 2.24) is 15.2 Å². The number of hydrogen-bond donors (Lipinski definition) is 1. The van der Waals surface area contributed by atoms with E-state index in [-0.39, 0.29) is 6.09 Å². The summed E-state index contributed by atoms with van der Waals surface area (Å²) in [4.78, 5) is 17.5. The lowest BCUT2D eigenvalue weighted by Gasteiger charge is -2.24. The van der Waals surface area contributed by atoms with E-state index >= 15 is 0 Å². The number of pyridine rings is 1. The molecule has 0 aliphatic heterocycles. The molecule has 0 atom stereocenters. The third-order valence-electron chi connectivity index (χ3n) is 3.36. The first kappa shape index (κ1) is 17.2.